The number of nitrogens with one attached hydrogen (secondary N) is 1. The van der Waals surface area contributed by atoms with E-state index in [9.17, 15) is 4.79 Å². The molecule has 0 saturated carbocycles. The van der Waals surface area contributed by atoms with Gasteiger partial charge in [-0.1, -0.05) is 0 Å². The molecule has 2 fully saturated rings. The Kier molecular flexibility index (Phi) is 5.10. The minimum Gasteiger partial charge on any atom is -0.381 e. The van der Waals surface area contributed by atoms with E-state index in [1.807, 2.05) is 7.05 Å². The van der Waals surface area contributed by atoms with E-state index < -0.39 is 0 Å². The molecule has 122 valence electrons. The van der Waals surface area contributed by atoms with Crippen LogP contribution in [0.15, 0.2) is 12.3 Å². The predicted molar refractivity (Wildman–Crippen MR) is 83.7 cm³/mol. The SMILES string of the molecule is Cn1ccc(C(=O)NC2CCCN(CC3CCOCC3)C2)n1. The van der Waals surface area contributed by atoms with Crippen LogP contribution >= 0.6 is 0 Å². The zero-order valence-electron chi connectivity index (χ0n) is 13.3. The van der Waals surface area contributed by atoms with Crippen molar-refractivity contribution in [2.45, 2.75) is 31.7 Å². The van der Waals surface area contributed by atoms with Crippen LogP contribution in [-0.4, -0.2) is 59.5 Å². The van der Waals surface area contributed by atoms with Crippen LogP contribution in [0.2, 0.25) is 0 Å². The number of aromatic nitrogens is 2. The number of likely N-dealkylation sites (tertiary alicyclic amines) is 1. The predicted octanol–water partition coefficient (Wildman–Crippen LogP) is 1.04. The Bertz CT molecular complexity index is 496. The summed E-state index contributed by atoms with van der Waals surface area (Å²) in [5.74, 6) is 0.692. The van der Waals surface area contributed by atoms with Crippen LogP contribution in [0.1, 0.15) is 36.2 Å². The number of rotatable bonds is 4. The van der Waals surface area contributed by atoms with Crippen LogP contribution in [-0.2, 0) is 11.8 Å². The van der Waals surface area contributed by atoms with Gasteiger partial charge in [-0.2, -0.15) is 5.10 Å². The number of amides is 1. The molecule has 0 radical (unpaired) electrons. The molecule has 0 aliphatic carbocycles. The first-order chi connectivity index (χ1) is 10.7. The average Bonchev–Trinajstić information content (AvgIpc) is 2.95. The van der Waals surface area contributed by atoms with Gasteiger partial charge in [0, 0.05) is 45.6 Å². The molecule has 22 heavy (non-hydrogen) atoms. The van der Waals surface area contributed by atoms with Gasteiger partial charge in [0.15, 0.2) is 0 Å². The molecule has 1 atom stereocenters. The van der Waals surface area contributed by atoms with E-state index in [4.69, 9.17) is 4.74 Å². The Morgan fingerprint density at radius 3 is 2.95 bits per heavy atom. The van der Waals surface area contributed by atoms with E-state index in [0.717, 1.165) is 51.6 Å². The molecule has 1 unspecified atom stereocenters. The Morgan fingerprint density at radius 1 is 1.41 bits per heavy atom. The summed E-state index contributed by atoms with van der Waals surface area (Å²) in [7, 11) is 1.83. The van der Waals surface area contributed by atoms with Crippen LogP contribution in [0, 0.1) is 5.92 Å². The maximum absolute atomic E-state index is 12.2. The molecule has 3 heterocycles. The quantitative estimate of drug-likeness (QED) is 0.903. The van der Waals surface area contributed by atoms with Crippen LogP contribution in [0.4, 0.5) is 0 Å². The summed E-state index contributed by atoms with van der Waals surface area (Å²) in [5, 5.41) is 7.30. The van der Waals surface area contributed by atoms with Gasteiger partial charge in [-0.15, -0.1) is 0 Å². The van der Waals surface area contributed by atoms with E-state index in [1.54, 1.807) is 16.9 Å². The lowest BCUT2D eigenvalue weighted by Gasteiger charge is -2.36. The first-order valence-corrected chi connectivity index (χ1v) is 8.31. The standard InChI is InChI=1S/C16H26N4O2/c1-19-8-4-15(18-19)16(21)17-14-3-2-7-20(12-14)11-13-5-9-22-10-6-13/h4,8,13-14H,2-3,5-7,9-12H2,1H3,(H,17,21). The Balaban J connectivity index is 1.48. The van der Waals surface area contributed by atoms with Gasteiger partial charge in [0.1, 0.15) is 5.69 Å². The van der Waals surface area contributed by atoms with E-state index in [-0.39, 0.29) is 11.9 Å². The molecule has 2 saturated heterocycles. The summed E-state index contributed by atoms with van der Waals surface area (Å²) in [6.45, 7) is 5.04. The molecule has 3 rings (SSSR count). The monoisotopic (exact) mass is 306 g/mol. The Labute approximate surface area is 131 Å². The number of hydrogen-bond donors (Lipinski definition) is 1. The molecule has 0 aromatic carbocycles. The molecule has 0 bridgehead atoms. The van der Waals surface area contributed by atoms with Gasteiger partial charge in [-0.3, -0.25) is 9.48 Å². The first kappa shape index (κ1) is 15.5. The van der Waals surface area contributed by atoms with E-state index in [1.165, 1.54) is 12.8 Å². The summed E-state index contributed by atoms with van der Waals surface area (Å²) < 4.78 is 7.09. The largest absolute Gasteiger partial charge is 0.381 e. The molecular formula is C16H26N4O2. The zero-order valence-corrected chi connectivity index (χ0v) is 13.3. The molecular weight excluding hydrogens is 280 g/mol. The molecule has 1 aromatic rings. The van der Waals surface area contributed by atoms with Crippen molar-refractivity contribution < 1.29 is 9.53 Å². The highest BCUT2D eigenvalue weighted by atomic mass is 16.5. The molecule has 0 spiro atoms. The smallest absolute Gasteiger partial charge is 0.272 e. The molecule has 1 N–H and O–H groups in total. The van der Waals surface area contributed by atoms with E-state index in [0.29, 0.717) is 5.69 Å². The number of carbonyl (C=O) groups excluding carboxylic acids is 1. The van der Waals surface area contributed by atoms with Gasteiger partial charge in [0.2, 0.25) is 0 Å². The van der Waals surface area contributed by atoms with Gasteiger partial charge in [-0.05, 0) is 44.2 Å². The summed E-state index contributed by atoms with van der Waals surface area (Å²) in [5.41, 5.74) is 0.504. The van der Waals surface area contributed by atoms with Crippen molar-refractivity contribution in [3.05, 3.63) is 18.0 Å². The lowest BCUT2D eigenvalue weighted by molar-refractivity contribution is 0.0469. The molecule has 2 aliphatic rings. The number of carbonyl (C=O) groups is 1. The Morgan fingerprint density at radius 2 is 2.23 bits per heavy atom. The number of hydrogen-bond acceptors (Lipinski definition) is 4. The van der Waals surface area contributed by atoms with Crippen molar-refractivity contribution in [1.29, 1.82) is 0 Å². The lowest BCUT2D eigenvalue weighted by atomic mass is 9.97. The lowest BCUT2D eigenvalue weighted by Crippen LogP contribution is -2.49. The van der Waals surface area contributed by atoms with Gasteiger partial charge in [0.25, 0.3) is 5.91 Å². The van der Waals surface area contributed by atoms with Crippen molar-refractivity contribution in [2.24, 2.45) is 13.0 Å². The fourth-order valence-corrected chi connectivity index (χ4v) is 3.43. The average molecular weight is 306 g/mol. The number of nitrogens with zero attached hydrogens (tertiary/aromatic N) is 3. The van der Waals surface area contributed by atoms with Crippen molar-refractivity contribution >= 4 is 5.91 Å². The fraction of sp³-hybridized carbons (Fsp3) is 0.750. The molecule has 6 heteroatoms. The second-order valence-corrected chi connectivity index (χ2v) is 6.50. The van der Waals surface area contributed by atoms with Crippen molar-refractivity contribution in [1.82, 2.24) is 20.0 Å². The second kappa shape index (κ2) is 7.24. The van der Waals surface area contributed by atoms with Gasteiger partial charge in [0.05, 0.1) is 0 Å². The fourth-order valence-electron chi connectivity index (χ4n) is 3.43. The highest BCUT2D eigenvalue weighted by Gasteiger charge is 2.25. The van der Waals surface area contributed by atoms with Gasteiger partial charge < -0.3 is 15.0 Å². The van der Waals surface area contributed by atoms with Crippen molar-refractivity contribution in [3.8, 4) is 0 Å². The van der Waals surface area contributed by atoms with Crippen LogP contribution in [0.3, 0.4) is 0 Å². The van der Waals surface area contributed by atoms with Crippen molar-refractivity contribution in [2.75, 3.05) is 32.8 Å². The number of ether oxygens (including phenoxy) is 1. The first-order valence-electron chi connectivity index (χ1n) is 8.31. The summed E-state index contributed by atoms with van der Waals surface area (Å²) >= 11 is 0. The highest BCUT2D eigenvalue weighted by molar-refractivity contribution is 5.92. The second-order valence-electron chi connectivity index (χ2n) is 6.50. The minimum atomic E-state index is -0.0569. The summed E-state index contributed by atoms with van der Waals surface area (Å²) in [6, 6.07) is 2.00. The molecule has 6 nitrogen and oxygen atoms in total. The third kappa shape index (κ3) is 4.08. The number of piperidine rings is 1. The molecule has 1 aromatic heterocycles. The minimum absolute atomic E-state index is 0.0569. The third-order valence-corrected chi connectivity index (χ3v) is 4.64. The normalized spacial score (nSPS) is 24.3. The maximum atomic E-state index is 12.2. The topological polar surface area (TPSA) is 59.4 Å². The summed E-state index contributed by atoms with van der Waals surface area (Å²) in [6.07, 6.45) is 6.34. The zero-order chi connectivity index (χ0) is 15.4. The van der Waals surface area contributed by atoms with E-state index in [2.05, 4.69) is 15.3 Å². The molecule has 1 amide bonds. The number of aryl methyl sites for hydroxylation is 1. The third-order valence-electron chi connectivity index (χ3n) is 4.64. The van der Waals surface area contributed by atoms with Gasteiger partial charge in [-0.25, -0.2) is 0 Å². The van der Waals surface area contributed by atoms with Gasteiger partial charge >= 0.3 is 0 Å². The highest BCUT2D eigenvalue weighted by Crippen LogP contribution is 2.19. The van der Waals surface area contributed by atoms with Crippen LogP contribution in [0.25, 0.3) is 0 Å². The van der Waals surface area contributed by atoms with Crippen LogP contribution < -0.4 is 5.32 Å². The molecule has 2 aliphatic heterocycles. The van der Waals surface area contributed by atoms with E-state index >= 15 is 0 Å². The van der Waals surface area contributed by atoms with Crippen molar-refractivity contribution in [3.63, 3.8) is 0 Å². The maximum Gasteiger partial charge on any atom is 0.272 e. The summed E-state index contributed by atoms with van der Waals surface area (Å²) in [4.78, 5) is 14.7. The van der Waals surface area contributed by atoms with Crippen LogP contribution in [0.5, 0.6) is 0 Å². The Hall–Kier alpha value is -1.40.